The van der Waals surface area contributed by atoms with Gasteiger partial charge in [0, 0.05) is 6.61 Å². The van der Waals surface area contributed by atoms with Crippen LogP contribution in [0.4, 0.5) is 0 Å². The first kappa shape index (κ1) is 15.7. The summed E-state index contributed by atoms with van der Waals surface area (Å²) in [5, 5.41) is 10.1. The fraction of sp³-hybridized carbons (Fsp3) is 0.368. The molecule has 2 nitrogen and oxygen atoms in total. The van der Waals surface area contributed by atoms with E-state index in [1.807, 2.05) is 42.5 Å². The fourth-order valence-corrected chi connectivity index (χ4v) is 2.27. The highest BCUT2D eigenvalue weighted by molar-refractivity contribution is 5.63. The molecule has 0 fully saturated rings. The Morgan fingerprint density at radius 2 is 1.57 bits per heavy atom. The summed E-state index contributed by atoms with van der Waals surface area (Å²) in [6.45, 7) is 3.27. The Balaban J connectivity index is 1.87. The zero-order chi connectivity index (χ0) is 14.9. The molecule has 1 unspecified atom stereocenters. The Kier molecular flexibility index (Phi) is 6.45. The predicted molar refractivity (Wildman–Crippen MR) is 87.2 cm³/mol. The van der Waals surface area contributed by atoms with Gasteiger partial charge in [0.2, 0.25) is 0 Å². The SMILES string of the molecule is CCCCCOCC(O)c1ccc(-c2ccccc2)cc1. The molecule has 2 aromatic rings. The highest BCUT2D eigenvalue weighted by atomic mass is 16.5. The molecule has 21 heavy (non-hydrogen) atoms. The van der Waals surface area contributed by atoms with Gasteiger partial charge in [0.05, 0.1) is 6.61 Å². The van der Waals surface area contributed by atoms with E-state index in [0.29, 0.717) is 6.61 Å². The van der Waals surface area contributed by atoms with E-state index in [1.54, 1.807) is 0 Å². The summed E-state index contributed by atoms with van der Waals surface area (Å²) in [5.41, 5.74) is 3.26. The van der Waals surface area contributed by atoms with E-state index >= 15 is 0 Å². The second-order valence-corrected chi connectivity index (χ2v) is 5.29. The quantitative estimate of drug-likeness (QED) is 0.718. The summed E-state index contributed by atoms with van der Waals surface area (Å²) in [6, 6.07) is 18.3. The van der Waals surface area contributed by atoms with E-state index < -0.39 is 6.10 Å². The van der Waals surface area contributed by atoms with Crippen LogP contribution in [0.2, 0.25) is 0 Å². The molecule has 0 radical (unpaired) electrons. The van der Waals surface area contributed by atoms with Crippen LogP contribution in [0.1, 0.15) is 37.9 Å². The van der Waals surface area contributed by atoms with Crippen LogP contribution in [0, 0.1) is 0 Å². The minimum atomic E-state index is -0.545. The van der Waals surface area contributed by atoms with Crippen LogP contribution in [-0.4, -0.2) is 18.3 Å². The van der Waals surface area contributed by atoms with E-state index in [1.165, 1.54) is 18.4 Å². The zero-order valence-corrected chi connectivity index (χ0v) is 12.7. The van der Waals surface area contributed by atoms with Gasteiger partial charge >= 0.3 is 0 Å². The molecule has 0 aliphatic heterocycles. The lowest BCUT2D eigenvalue weighted by Gasteiger charge is -2.12. The maximum absolute atomic E-state index is 10.1. The summed E-state index contributed by atoms with van der Waals surface area (Å²) >= 11 is 0. The Morgan fingerprint density at radius 3 is 2.24 bits per heavy atom. The molecule has 0 saturated carbocycles. The van der Waals surface area contributed by atoms with Crippen LogP contribution in [0.15, 0.2) is 54.6 Å². The van der Waals surface area contributed by atoms with Crippen molar-refractivity contribution in [1.29, 1.82) is 0 Å². The molecule has 2 heteroatoms. The van der Waals surface area contributed by atoms with Crippen LogP contribution < -0.4 is 0 Å². The average molecular weight is 284 g/mol. The first-order valence-corrected chi connectivity index (χ1v) is 7.72. The minimum Gasteiger partial charge on any atom is -0.386 e. The molecule has 2 aromatic carbocycles. The number of hydrogen-bond donors (Lipinski definition) is 1. The van der Waals surface area contributed by atoms with Gasteiger partial charge in [-0.05, 0) is 23.1 Å². The summed E-state index contributed by atoms with van der Waals surface area (Å²) in [4.78, 5) is 0. The number of aliphatic hydroxyl groups is 1. The molecule has 112 valence electrons. The second-order valence-electron chi connectivity index (χ2n) is 5.29. The molecule has 0 bridgehead atoms. The average Bonchev–Trinajstić information content (AvgIpc) is 2.55. The van der Waals surface area contributed by atoms with E-state index in [4.69, 9.17) is 4.74 Å². The van der Waals surface area contributed by atoms with Gasteiger partial charge in [-0.2, -0.15) is 0 Å². The number of ether oxygens (including phenoxy) is 1. The normalized spacial score (nSPS) is 12.3. The third-order valence-corrected chi connectivity index (χ3v) is 3.57. The molecule has 0 saturated heterocycles. The van der Waals surface area contributed by atoms with Crippen molar-refractivity contribution >= 4 is 0 Å². The van der Waals surface area contributed by atoms with Gasteiger partial charge in [-0.1, -0.05) is 74.4 Å². The van der Waals surface area contributed by atoms with Gasteiger partial charge in [-0.15, -0.1) is 0 Å². The lowest BCUT2D eigenvalue weighted by molar-refractivity contribution is 0.0346. The Bertz CT molecular complexity index is 505. The lowest BCUT2D eigenvalue weighted by Crippen LogP contribution is -2.08. The van der Waals surface area contributed by atoms with Crippen molar-refractivity contribution in [3.63, 3.8) is 0 Å². The lowest BCUT2D eigenvalue weighted by atomic mass is 10.0. The number of unbranched alkanes of at least 4 members (excludes halogenated alkanes) is 2. The van der Waals surface area contributed by atoms with Crippen molar-refractivity contribution in [3.05, 3.63) is 60.2 Å². The van der Waals surface area contributed by atoms with Crippen LogP contribution in [0.3, 0.4) is 0 Å². The van der Waals surface area contributed by atoms with Crippen LogP contribution in [0.25, 0.3) is 11.1 Å². The van der Waals surface area contributed by atoms with Crippen molar-refractivity contribution in [2.75, 3.05) is 13.2 Å². The highest BCUT2D eigenvalue weighted by Gasteiger charge is 2.07. The molecule has 0 spiro atoms. The monoisotopic (exact) mass is 284 g/mol. The molecule has 0 amide bonds. The number of aliphatic hydroxyl groups excluding tert-OH is 1. The van der Waals surface area contributed by atoms with Gasteiger partial charge in [-0.3, -0.25) is 0 Å². The summed E-state index contributed by atoms with van der Waals surface area (Å²) in [6.07, 6.45) is 2.89. The highest BCUT2D eigenvalue weighted by Crippen LogP contribution is 2.22. The molecule has 1 N–H and O–H groups in total. The number of rotatable bonds is 8. The van der Waals surface area contributed by atoms with E-state index in [-0.39, 0.29) is 0 Å². The summed E-state index contributed by atoms with van der Waals surface area (Å²) in [5.74, 6) is 0. The van der Waals surface area contributed by atoms with Gasteiger partial charge < -0.3 is 9.84 Å². The predicted octanol–water partition coefficient (Wildman–Crippen LogP) is 4.59. The maximum atomic E-state index is 10.1. The molecular weight excluding hydrogens is 260 g/mol. The Labute approximate surface area is 127 Å². The molecule has 0 aromatic heterocycles. The first-order chi connectivity index (χ1) is 10.3. The van der Waals surface area contributed by atoms with E-state index in [9.17, 15) is 5.11 Å². The minimum absolute atomic E-state index is 0.369. The van der Waals surface area contributed by atoms with Crippen LogP contribution >= 0.6 is 0 Å². The van der Waals surface area contributed by atoms with Gasteiger partial charge in [0.1, 0.15) is 6.10 Å². The van der Waals surface area contributed by atoms with E-state index in [2.05, 4.69) is 19.1 Å². The molecule has 0 aliphatic carbocycles. The standard InChI is InChI=1S/C19H24O2/c1-2-3-7-14-21-15-19(20)18-12-10-17(11-13-18)16-8-5-4-6-9-16/h4-6,8-13,19-20H,2-3,7,14-15H2,1H3. The second kappa shape index (κ2) is 8.60. The van der Waals surface area contributed by atoms with E-state index in [0.717, 1.165) is 24.2 Å². The van der Waals surface area contributed by atoms with Crippen LogP contribution in [-0.2, 0) is 4.74 Å². The molecule has 0 heterocycles. The third-order valence-electron chi connectivity index (χ3n) is 3.57. The maximum Gasteiger partial charge on any atom is 0.102 e. The van der Waals surface area contributed by atoms with Crippen molar-refractivity contribution in [3.8, 4) is 11.1 Å². The smallest absolute Gasteiger partial charge is 0.102 e. The van der Waals surface area contributed by atoms with Crippen molar-refractivity contribution in [1.82, 2.24) is 0 Å². The topological polar surface area (TPSA) is 29.5 Å². The molecule has 0 aliphatic rings. The first-order valence-electron chi connectivity index (χ1n) is 7.72. The van der Waals surface area contributed by atoms with Crippen molar-refractivity contribution in [2.45, 2.75) is 32.3 Å². The van der Waals surface area contributed by atoms with Gasteiger partial charge in [-0.25, -0.2) is 0 Å². The van der Waals surface area contributed by atoms with Crippen molar-refractivity contribution in [2.24, 2.45) is 0 Å². The molecule has 2 rings (SSSR count). The zero-order valence-electron chi connectivity index (χ0n) is 12.7. The van der Waals surface area contributed by atoms with Crippen LogP contribution in [0.5, 0.6) is 0 Å². The third kappa shape index (κ3) is 5.00. The number of hydrogen-bond acceptors (Lipinski definition) is 2. The summed E-state index contributed by atoms with van der Waals surface area (Å²) < 4.78 is 5.52. The summed E-state index contributed by atoms with van der Waals surface area (Å²) in [7, 11) is 0. The fourth-order valence-electron chi connectivity index (χ4n) is 2.27. The van der Waals surface area contributed by atoms with Crippen molar-refractivity contribution < 1.29 is 9.84 Å². The van der Waals surface area contributed by atoms with Gasteiger partial charge in [0.25, 0.3) is 0 Å². The number of benzene rings is 2. The Hall–Kier alpha value is -1.64. The largest absolute Gasteiger partial charge is 0.386 e. The molecule has 1 atom stereocenters. The molecular formula is C19H24O2. The van der Waals surface area contributed by atoms with Gasteiger partial charge in [0.15, 0.2) is 0 Å². The Morgan fingerprint density at radius 1 is 0.905 bits per heavy atom.